The fraction of sp³-hybridized carbons (Fsp3) is 0.571. The quantitative estimate of drug-likeness (QED) is 0.762. The highest BCUT2D eigenvalue weighted by molar-refractivity contribution is 5.38. The van der Waals surface area contributed by atoms with Gasteiger partial charge in [-0.3, -0.25) is 0 Å². The third kappa shape index (κ3) is 4.36. The lowest BCUT2D eigenvalue weighted by atomic mass is 10.1. The van der Waals surface area contributed by atoms with Crippen LogP contribution < -0.4 is 10.1 Å². The topological polar surface area (TPSA) is 41.5 Å². The van der Waals surface area contributed by atoms with Crippen molar-refractivity contribution in [2.24, 2.45) is 0 Å². The molecule has 2 N–H and O–H groups in total. The van der Waals surface area contributed by atoms with Crippen molar-refractivity contribution in [1.29, 1.82) is 0 Å². The molecular formula is C14H23NO2. The monoisotopic (exact) mass is 237 g/mol. The zero-order valence-corrected chi connectivity index (χ0v) is 11.0. The maximum Gasteiger partial charge on any atom is 0.122 e. The van der Waals surface area contributed by atoms with Crippen LogP contribution in [0.15, 0.2) is 18.2 Å². The Kier molecular flexibility index (Phi) is 6.01. The Bertz CT molecular complexity index is 339. The first kappa shape index (κ1) is 14.0. The fourth-order valence-electron chi connectivity index (χ4n) is 1.74. The number of aliphatic hydroxyl groups excluding tert-OH is 1. The zero-order chi connectivity index (χ0) is 12.7. The summed E-state index contributed by atoms with van der Waals surface area (Å²) in [5, 5.41) is 12.3. The number of aryl methyl sites for hydroxylation is 1. The van der Waals surface area contributed by atoms with Gasteiger partial charge in [-0.25, -0.2) is 0 Å². The number of likely N-dealkylation sites (N-methyl/N-ethyl adjacent to an activating group) is 1. The second-order valence-corrected chi connectivity index (χ2v) is 4.27. The molecule has 1 unspecified atom stereocenters. The zero-order valence-electron chi connectivity index (χ0n) is 11.0. The number of hydrogen-bond acceptors (Lipinski definition) is 3. The summed E-state index contributed by atoms with van der Waals surface area (Å²) in [5.74, 6) is 0.943. The Morgan fingerprint density at radius 1 is 1.35 bits per heavy atom. The van der Waals surface area contributed by atoms with Gasteiger partial charge >= 0.3 is 0 Å². The van der Waals surface area contributed by atoms with E-state index in [9.17, 15) is 0 Å². The number of aliphatic hydroxyl groups is 1. The predicted octanol–water partition coefficient (Wildman–Crippen LogP) is 2.04. The molecule has 1 rings (SSSR count). The normalized spacial score (nSPS) is 12.5. The molecule has 0 fully saturated rings. The van der Waals surface area contributed by atoms with Gasteiger partial charge < -0.3 is 15.2 Å². The minimum absolute atomic E-state index is 0.130. The Hall–Kier alpha value is -1.06. The van der Waals surface area contributed by atoms with Crippen molar-refractivity contribution in [1.82, 2.24) is 5.32 Å². The molecule has 0 aromatic heterocycles. The van der Waals surface area contributed by atoms with Gasteiger partial charge in [0.15, 0.2) is 0 Å². The van der Waals surface area contributed by atoms with Crippen LogP contribution in [-0.4, -0.2) is 30.9 Å². The first-order valence-electron chi connectivity index (χ1n) is 6.22. The Morgan fingerprint density at radius 3 is 2.76 bits per heavy atom. The minimum Gasteiger partial charge on any atom is -0.493 e. The molecule has 0 aliphatic rings. The van der Waals surface area contributed by atoms with Crippen molar-refractivity contribution in [3.8, 4) is 5.75 Å². The molecule has 96 valence electrons. The summed E-state index contributed by atoms with van der Waals surface area (Å²) in [6, 6.07) is 6.21. The highest BCUT2D eigenvalue weighted by Gasteiger charge is 2.06. The van der Waals surface area contributed by atoms with Gasteiger partial charge in [-0.2, -0.15) is 0 Å². The third-order valence-electron chi connectivity index (χ3n) is 2.99. The molecule has 1 atom stereocenters. The van der Waals surface area contributed by atoms with Crippen molar-refractivity contribution in [3.63, 3.8) is 0 Å². The molecule has 3 nitrogen and oxygen atoms in total. The molecule has 1 aromatic carbocycles. The van der Waals surface area contributed by atoms with Gasteiger partial charge in [-0.05, 0) is 44.0 Å². The van der Waals surface area contributed by atoms with Gasteiger partial charge in [0, 0.05) is 6.04 Å². The number of ether oxygens (including phenoxy) is 1. The van der Waals surface area contributed by atoms with E-state index in [-0.39, 0.29) is 12.6 Å². The van der Waals surface area contributed by atoms with Crippen LogP contribution in [0.4, 0.5) is 0 Å². The van der Waals surface area contributed by atoms with E-state index in [2.05, 4.69) is 25.2 Å². The second-order valence-electron chi connectivity index (χ2n) is 4.27. The second kappa shape index (κ2) is 7.30. The van der Waals surface area contributed by atoms with Crippen molar-refractivity contribution in [2.75, 3.05) is 19.8 Å². The molecule has 0 saturated heterocycles. The molecule has 17 heavy (non-hydrogen) atoms. The Morgan fingerprint density at radius 2 is 2.12 bits per heavy atom. The summed E-state index contributed by atoms with van der Waals surface area (Å²) in [4.78, 5) is 0. The smallest absolute Gasteiger partial charge is 0.122 e. The summed E-state index contributed by atoms with van der Waals surface area (Å²) in [5.41, 5.74) is 2.43. The highest BCUT2D eigenvalue weighted by atomic mass is 16.5. The highest BCUT2D eigenvalue weighted by Crippen LogP contribution is 2.20. The predicted molar refractivity (Wildman–Crippen MR) is 70.6 cm³/mol. The van der Waals surface area contributed by atoms with Crippen LogP contribution in [-0.2, 0) is 0 Å². The van der Waals surface area contributed by atoms with E-state index in [1.165, 1.54) is 11.1 Å². The van der Waals surface area contributed by atoms with Crippen molar-refractivity contribution < 1.29 is 9.84 Å². The van der Waals surface area contributed by atoms with Crippen molar-refractivity contribution in [2.45, 2.75) is 33.2 Å². The lowest BCUT2D eigenvalue weighted by Gasteiger charge is -2.16. The Balaban J connectivity index is 2.42. The molecule has 0 heterocycles. The van der Waals surface area contributed by atoms with Gasteiger partial charge in [0.05, 0.1) is 13.2 Å². The van der Waals surface area contributed by atoms with Gasteiger partial charge in [0.25, 0.3) is 0 Å². The number of hydrogen-bond donors (Lipinski definition) is 2. The lowest BCUT2D eigenvalue weighted by Crippen LogP contribution is -2.33. The number of nitrogens with one attached hydrogen (secondary N) is 1. The Labute approximate surface area is 104 Å². The molecule has 0 amide bonds. The van der Waals surface area contributed by atoms with E-state index >= 15 is 0 Å². The molecule has 0 radical (unpaired) electrons. The number of rotatable bonds is 7. The molecule has 1 aromatic rings. The lowest BCUT2D eigenvalue weighted by molar-refractivity contribution is 0.209. The maximum absolute atomic E-state index is 9.13. The van der Waals surface area contributed by atoms with Gasteiger partial charge in [0.2, 0.25) is 0 Å². The maximum atomic E-state index is 9.13. The van der Waals surface area contributed by atoms with Crippen LogP contribution in [0, 0.1) is 13.8 Å². The SMILES string of the molecule is CCNC(CO)CCOc1cccc(C)c1C. The summed E-state index contributed by atoms with van der Waals surface area (Å²) in [6.45, 7) is 7.84. The van der Waals surface area contributed by atoms with Crippen LogP contribution in [0.3, 0.4) is 0 Å². The van der Waals surface area contributed by atoms with Crippen molar-refractivity contribution in [3.05, 3.63) is 29.3 Å². The average molecular weight is 237 g/mol. The summed E-state index contributed by atoms with van der Waals surface area (Å²) in [6.07, 6.45) is 0.817. The molecular weight excluding hydrogens is 214 g/mol. The summed E-state index contributed by atoms with van der Waals surface area (Å²) < 4.78 is 5.75. The molecule has 0 bridgehead atoms. The minimum atomic E-state index is 0.130. The fourth-order valence-corrected chi connectivity index (χ4v) is 1.74. The molecule has 0 aliphatic carbocycles. The van der Waals surface area contributed by atoms with E-state index in [4.69, 9.17) is 9.84 Å². The van der Waals surface area contributed by atoms with Crippen LogP contribution in [0.5, 0.6) is 5.75 Å². The largest absolute Gasteiger partial charge is 0.493 e. The van der Waals surface area contributed by atoms with E-state index in [0.717, 1.165) is 18.7 Å². The third-order valence-corrected chi connectivity index (χ3v) is 2.99. The van der Waals surface area contributed by atoms with Crippen LogP contribution in [0.2, 0.25) is 0 Å². The summed E-state index contributed by atoms with van der Waals surface area (Å²) >= 11 is 0. The summed E-state index contributed by atoms with van der Waals surface area (Å²) in [7, 11) is 0. The van der Waals surface area contributed by atoms with Crippen LogP contribution in [0.25, 0.3) is 0 Å². The van der Waals surface area contributed by atoms with Crippen LogP contribution in [0.1, 0.15) is 24.5 Å². The average Bonchev–Trinajstić information content (AvgIpc) is 2.33. The van der Waals surface area contributed by atoms with Crippen molar-refractivity contribution >= 4 is 0 Å². The van der Waals surface area contributed by atoms with Gasteiger partial charge in [-0.1, -0.05) is 19.1 Å². The molecule has 0 aliphatic heterocycles. The first-order valence-corrected chi connectivity index (χ1v) is 6.22. The standard InChI is InChI=1S/C14H23NO2/c1-4-15-13(10-16)8-9-17-14-7-5-6-11(2)12(14)3/h5-7,13,15-16H,4,8-10H2,1-3H3. The van der Waals surface area contributed by atoms with Gasteiger partial charge in [-0.15, -0.1) is 0 Å². The van der Waals surface area contributed by atoms with Crippen LogP contribution >= 0.6 is 0 Å². The molecule has 3 heteroatoms. The van der Waals surface area contributed by atoms with E-state index in [0.29, 0.717) is 6.61 Å². The van der Waals surface area contributed by atoms with Gasteiger partial charge in [0.1, 0.15) is 5.75 Å². The molecule has 0 spiro atoms. The number of benzene rings is 1. The van der Waals surface area contributed by atoms with E-state index in [1.54, 1.807) is 0 Å². The first-order chi connectivity index (χ1) is 8.19. The molecule has 0 saturated carbocycles. The van der Waals surface area contributed by atoms with E-state index in [1.807, 2.05) is 19.1 Å². The van der Waals surface area contributed by atoms with E-state index < -0.39 is 0 Å².